The zero-order valence-corrected chi connectivity index (χ0v) is 6.06. The molecule has 1 unspecified atom stereocenters. The van der Waals surface area contributed by atoms with Crippen molar-refractivity contribution in [2.75, 3.05) is 0 Å². The van der Waals surface area contributed by atoms with E-state index in [1.807, 2.05) is 0 Å². The highest BCUT2D eigenvalue weighted by molar-refractivity contribution is 5.56. The van der Waals surface area contributed by atoms with E-state index in [9.17, 15) is 4.79 Å². The number of hydrogen-bond donors (Lipinski definition) is 2. The van der Waals surface area contributed by atoms with Crippen LogP contribution in [-0.2, 0) is 4.79 Å². The summed E-state index contributed by atoms with van der Waals surface area (Å²) < 4.78 is 1.13. The van der Waals surface area contributed by atoms with Crippen molar-refractivity contribution in [2.45, 2.75) is 13.0 Å². The summed E-state index contributed by atoms with van der Waals surface area (Å²) >= 11 is 0. The predicted molar refractivity (Wildman–Crippen MR) is 38.5 cm³/mol. The number of carbonyl (C=O) groups excluding carboxylic acids is 1. The normalized spacial score (nSPS) is 12.8. The molecule has 0 aliphatic heterocycles. The quantitative estimate of drug-likeness (QED) is 0.616. The number of carbonyl (C=O) groups is 1. The molecule has 0 saturated carbocycles. The van der Waals surface area contributed by atoms with Gasteiger partial charge in [-0.05, 0) is 6.92 Å². The summed E-state index contributed by atoms with van der Waals surface area (Å²) in [6.45, 7) is 1.58. The smallest absolute Gasteiger partial charge is 0.194 e. The average Bonchev–Trinajstić information content (AvgIpc) is 2.30. The maximum Gasteiger partial charge on any atom is 0.194 e. The maximum absolute atomic E-state index is 10.3. The molecular formula is C7H9NO3. The zero-order chi connectivity index (χ0) is 8.43. The zero-order valence-electron chi connectivity index (χ0n) is 6.06. The molecule has 0 radical (unpaired) electrons. The summed E-state index contributed by atoms with van der Waals surface area (Å²) in [5, 5.41) is 18.2. The molecule has 0 aromatic carbocycles. The first-order valence-electron chi connectivity index (χ1n) is 3.21. The van der Waals surface area contributed by atoms with Crippen LogP contribution in [0.1, 0.15) is 13.0 Å². The molecule has 0 aliphatic rings. The molecule has 1 heterocycles. The van der Waals surface area contributed by atoms with Gasteiger partial charge in [-0.25, -0.2) is 0 Å². The van der Waals surface area contributed by atoms with Crippen molar-refractivity contribution in [2.24, 2.45) is 0 Å². The largest absolute Gasteiger partial charge is 0.494 e. The summed E-state index contributed by atoms with van der Waals surface area (Å²) in [6, 6.07) is 2.12. The molecular weight excluding hydrogens is 146 g/mol. The Morgan fingerprint density at radius 2 is 1.91 bits per heavy atom. The summed E-state index contributed by atoms with van der Waals surface area (Å²) in [5.41, 5.74) is 0. The predicted octanol–water partition coefficient (Wildman–Crippen LogP) is 0.659. The van der Waals surface area contributed by atoms with Gasteiger partial charge in [0.05, 0.1) is 6.04 Å². The van der Waals surface area contributed by atoms with Crippen LogP contribution < -0.4 is 0 Å². The number of hydrogen-bond acceptors (Lipinski definition) is 3. The van der Waals surface area contributed by atoms with Crippen LogP contribution >= 0.6 is 0 Å². The third-order valence-electron chi connectivity index (χ3n) is 1.48. The maximum atomic E-state index is 10.3. The molecule has 0 bridgehead atoms. The van der Waals surface area contributed by atoms with Gasteiger partial charge in [0.1, 0.15) is 6.29 Å². The molecule has 1 atom stereocenters. The van der Waals surface area contributed by atoms with E-state index in [2.05, 4.69) is 0 Å². The van der Waals surface area contributed by atoms with E-state index in [1.54, 1.807) is 6.92 Å². The Labute approximate surface area is 63.7 Å². The minimum Gasteiger partial charge on any atom is -0.494 e. The van der Waals surface area contributed by atoms with Crippen LogP contribution in [0.2, 0.25) is 0 Å². The monoisotopic (exact) mass is 155 g/mol. The van der Waals surface area contributed by atoms with Gasteiger partial charge in [-0.15, -0.1) is 0 Å². The van der Waals surface area contributed by atoms with Crippen molar-refractivity contribution in [3.8, 4) is 11.8 Å². The number of aldehydes is 1. The lowest BCUT2D eigenvalue weighted by molar-refractivity contribution is -0.110. The Hall–Kier alpha value is -1.45. The molecule has 0 spiro atoms. The molecule has 0 aliphatic carbocycles. The second-order valence-corrected chi connectivity index (χ2v) is 2.30. The second kappa shape index (κ2) is 2.65. The molecule has 1 aromatic heterocycles. The highest BCUT2D eigenvalue weighted by atomic mass is 16.3. The van der Waals surface area contributed by atoms with Crippen LogP contribution in [0.4, 0.5) is 0 Å². The number of rotatable bonds is 2. The lowest BCUT2D eigenvalue weighted by Gasteiger charge is -2.08. The second-order valence-electron chi connectivity index (χ2n) is 2.30. The van der Waals surface area contributed by atoms with E-state index >= 15 is 0 Å². The van der Waals surface area contributed by atoms with Gasteiger partial charge in [-0.1, -0.05) is 0 Å². The Bertz CT molecular complexity index is 247. The molecule has 4 heteroatoms. The van der Waals surface area contributed by atoms with Crippen LogP contribution in [0.3, 0.4) is 0 Å². The van der Waals surface area contributed by atoms with E-state index in [0.717, 1.165) is 4.57 Å². The topological polar surface area (TPSA) is 62.5 Å². The minimum absolute atomic E-state index is 0.109. The fraction of sp³-hybridized carbons (Fsp3) is 0.286. The lowest BCUT2D eigenvalue weighted by atomic mass is 10.4. The fourth-order valence-corrected chi connectivity index (χ4v) is 0.905. The Balaban J connectivity index is 3.09. The van der Waals surface area contributed by atoms with Gasteiger partial charge in [0.2, 0.25) is 0 Å². The first kappa shape index (κ1) is 7.65. The summed E-state index contributed by atoms with van der Waals surface area (Å²) in [7, 11) is 0. The first-order chi connectivity index (χ1) is 5.16. The van der Waals surface area contributed by atoms with Crippen LogP contribution in [-0.4, -0.2) is 21.1 Å². The Kier molecular flexibility index (Phi) is 1.85. The molecule has 0 saturated heterocycles. The molecule has 0 amide bonds. The molecule has 60 valence electrons. The third kappa shape index (κ3) is 1.19. The van der Waals surface area contributed by atoms with Crippen molar-refractivity contribution in [1.82, 2.24) is 4.57 Å². The molecule has 1 aromatic rings. The first-order valence-corrected chi connectivity index (χ1v) is 3.21. The molecule has 11 heavy (non-hydrogen) atoms. The van der Waals surface area contributed by atoms with Gasteiger partial charge in [0.25, 0.3) is 0 Å². The molecule has 0 fully saturated rings. The van der Waals surface area contributed by atoms with E-state index in [1.165, 1.54) is 12.1 Å². The Morgan fingerprint density at radius 3 is 2.27 bits per heavy atom. The average molecular weight is 155 g/mol. The van der Waals surface area contributed by atoms with Crippen molar-refractivity contribution in [3.63, 3.8) is 0 Å². The van der Waals surface area contributed by atoms with Crippen LogP contribution in [0, 0.1) is 0 Å². The van der Waals surface area contributed by atoms with E-state index in [0.29, 0.717) is 6.29 Å². The molecule has 1 rings (SSSR count). The van der Waals surface area contributed by atoms with Gasteiger partial charge >= 0.3 is 0 Å². The number of aromatic nitrogens is 1. The van der Waals surface area contributed by atoms with Crippen LogP contribution in [0.25, 0.3) is 0 Å². The van der Waals surface area contributed by atoms with Crippen molar-refractivity contribution in [1.29, 1.82) is 0 Å². The van der Waals surface area contributed by atoms with Gasteiger partial charge in [0, 0.05) is 12.1 Å². The molecule has 4 nitrogen and oxygen atoms in total. The lowest BCUT2D eigenvalue weighted by Crippen LogP contribution is -2.04. The van der Waals surface area contributed by atoms with E-state index < -0.39 is 6.04 Å². The van der Waals surface area contributed by atoms with Crippen LogP contribution in [0.15, 0.2) is 12.1 Å². The number of aromatic hydroxyl groups is 2. The highest BCUT2D eigenvalue weighted by Gasteiger charge is 2.10. The van der Waals surface area contributed by atoms with Gasteiger partial charge in [-0.2, -0.15) is 0 Å². The highest BCUT2D eigenvalue weighted by Crippen LogP contribution is 2.24. The van der Waals surface area contributed by atoms with Gasteiger partial charge in [-0.3, -0.25) is 4.57 Å². The SMILES string of the molecule is CC(C=O)n1c(O)ccc1O. The van der Waals surface area contributed by atoms with E-state index in [-0.39, 0.29) is 11.8 Å². The standard InChI is InChI=1S/C7H9NO3/c1-5(4-9)8-6(10)2-3-7(8)11/h2-5,10-11H,1H3. The fourth-order valence-electron chi connectivity index (χ4n) is 0.905. The van der Waals surface area contributed by atoms with Crippen LogP contribution in [0.5, 0.6) is 11.8 Å². The van der Waals surface area contributed by atoms with Crippen molar-refractivity contribution in [3.05, 3.63) is 12.1 Å². The molecule has 2 N–H and O–H groups in total. The van der Waals surface area contributed by atoms with Crippen molar-refractivity contribution >= 4 is 6.29 Å². The third-order valence-corrected chi connectivity index (χ3v) is 1.48. The van der Waals surface area contributed by atoms with Gasteiger partial charge in [0.15, 0.2) is 11.8 Å². The van der Waals surface area contributed by atoms with Crippen molar-refractivity contribution < 1.29 is 15.0 Å². The summed E-state index contributed by atoms with van der Waals surface area (Å²) in [5.74, 6) is -0.218. The van der Waals surface area contributed by atoms with Gasteiger partial charge < -0.3 is 15.0 Å². The summed E-state index contributed by atoms with van der Waals surface area (Å²) in [4.78, 5) is 10.3. The van der Waals surface area contributed by atoms with E-state index in [4.69, 9.17) is 10.2 Å². The Morgan fingerprint density at radius 1 is 1.45 bits per heavy atom. The number of nitrogens with zero attached hydrogens (tertiary/aromatic N) is 1. The summed E-state index contributed by atoms with van der Waals surface area (Å²) in [6.07, 6.45) is 0.638. The minimum atomic E-state index is -0.537.